The Hall–Kier alpha value is -3.50. The minimum atomic E-state index is -0.340. The quantitative estimate of drug-likeness (QED) is 0.313. The summed E-state index contributed by atoms with van der Waals surface area (Å²) < 4.78 is 12.0. The van der Waals surface area contributed by atoms with Crippen LogP contribution in [0.4, 0.5) is 5.69 Å². The first-order valence-corrected chi connectivity index (χ1v) is 10.7. The lowest BCUT2D eigenvalue weighted by molar-refractivity contribution is -0.113. The van der Waals surface area contributed by atoms with E-state index < -0.39 is 0 Å². The third kappa shape index (κ3) is 4.56. The second-order valence-corrected chi connectivity index (χ2v) is 7.94. The zero-order valence-electron chi connectivity index (χ0n) is 17.1. The number of anilines is 1. The number of thioether (sulfide) groups is 1. The fraction of sp³-hybridized carbons (Fsp3) is 0.143. The maximum atomic E-state index is 12.5. The van der Waals surface area contributed by atoms with Gasteiger partial charge in [0.1, 0.15) is 16.9 Å². The predicted molar refractivity (Wildman–Crippen MR) is 123 cm³/mol. The molecule has 32 heavy (non-hydrogen) atoms. The van der Waals surface area contributed by atoms with E-state index in [1.807, 2.05) is 0 Å². The van der Waals surface area contributed by atoms with Crippen LogP contribution in [0.3, 0.4) is 0 Å². The number of carbonyl (C=O) groups is 1. The number of ether oxygens (including phenoxy) is 2. The van der Waals surface area contributed by atoms with E-state index in [1.165, 1.54) is 20.4 Å². The molecule has 0 saturated heterocycles. The van der Waals surface area contributed by atoms with Crippen LogP contribution in [0.25, 0.3) is 16.7 Å². The molecule has 0 fully saturated rings. The standard InChI is InChI=1S/C21H18ClN5O4S/c1-30-14-7-8-17(31-2)16(9-14)24-18(28)11-32-21-25-19-15(20(29)26-21)10-23-27(19)13-5-3-12(22)4-6-13/h3-10H,11H2,1-2H3,(H,24,28)(H,25,26,29). The fourth-order valence-corrected chi connectivity index (χ4v) is 3.75. The summed E-state index contributed by atoms with van der Waals surface area (Å²) in [5.74, 6) is 0.810. The van der Waals surface area contributed by atoms with E-state index in [4.69, 9.17) is 21.1 Å². The van der Waals surface area contributed by atoms with Crippen LogP contribution in [-0.2, 0) is 4.79 Å². The molecular weight excluding hydrogens is 454 g/mol. The Morgan fingerprint density at radius 1 is 1.19 bits per heavy atom. The van der Waals surface area contributed by atoms with Crippen molar-refractivity contribution < 1.29 is 14.3 Å². The lowest BCUT2D eigenvalue weighted by Crippen LogP contribution is -2.16. The van der Waals surface area contributed by atoms with Gasteiger partial charge in [-0.05, 0) is 36.4 Å². The highest BCUT2D eigenvalue weighted by Gasteiger charge is 2.14. The van der Waals surface area contributed by atoms with Crippen LogP contribution in [0.1, 0.15) is 0 Å². The summed E-state index contributed by atoms with van der Waals surface area (Å²) in [5.41, 5.74) is 1.23. The number of halogens is 1. The topological polar surface area (TPSA) is 111 Å². The first kappa shape index (κ1) is 21.7. The summed E-state index contributed by atoms with van der Waals surface area (Å²) >= 11 is 7.05. The maximum absolute atomic E-state index is 12.5. The second kappa shape index (κ2) is 9.33. The molecular formula is C21H18ClN5O4S. The van der Waals surface area contributed by atoms with Crippen molar-refractivity contribution in [2.24, 2.45) is 0 Å². The lowest BCUT2D eigenvalue weighted by atomic mass is 10.2. The normalized spacial score (nSPS) is 10.8. The lowest BCUT2D eigenvalue weighted by Gasteiger charge is -2.11. The first-order valence-electron chi connectivity index (χ1n) is 9.37. The number of aromatic nitrogens is 4. The molecule has 0 spiro atoms. The molecule has 11 heteroatoms. The van der Waals surface area contributed by atoms with E-state index in [0.717, 1.165) is 11.8 Å². The largest absolute Gasteiger partial charge is 0.497 e. The molecule has 2 N–H and O–H groups in total. The molecule has 2 heterocycles. The molecule has 2 aromatic heterocycles. The predicted octanol–water partition coefficient (Wildman–Crippen LogP) is 3.51. The molecule has 0 saturated carbocycles. The number of carbonyl (C=O) groups excluding carboxylic acids is 1. The Kier molecular flexibility index (Phi) is 6.33. The van der Waals surface area contributed by atoms with Crippen LogP contribution in [0.2, 0.25) is 5.02 Å². The summed E-state index contributed by atoms with van der Waals surface area (Å²) in [6.45, 7) is 0. The summed E-state index contributed by atoms with van der Waals surface area (Å²) in [7, 11) is 3.05. The molecule has 9 nitrogen and oxygen atoms in total. The van der Waals surface area contributed by atoms with Crippen LogP contribution in [0, 0.1) is 0 Å². The molecule has 0 radical (unpaired) electrons. The minimum Gasteiger partial charge on any atom is -0.497 e. The van der Waals surface area contributed by atoms with Gasteiger partial charge in [0.05, 0.1) is 37.5 Å². The molecule has 0 bridgehead atoms. The number of fused-ring (bicyclic) bond motifs is 1. The van der Waals surface area contributed by atoms with Crippen molar-refractivity contribution in [2.75, 3.05) is 25.3 Å². The van der Waals surface area contributed by atoms with Gasteiger partial charge in [0.15, 0.2) is 10.8 Å². The van der Waals surface area contributed by atoms with E-state index in [1.54, 1.807) is 47.1 Å². The van der Waals surface area contributed by atoms with Crippen molar-refractivity contribution >= 4 is 46.0 Å². The van der Waals surface area contributed by atoms with Gasteiger partial charge in [-0.1, -0.05) is 23.4 Å². The molecule has 0 aliphatic rings. The van der Waals surface area contributed by atoms with Crippen molar-refractivity contribution in [2.45, 2.75) is 5.16 Å². The number of H-pyrrole nitrogens is 1. The average molecular weight is 472 g/mol. The van der Waals surface area contributed by atoms with Crippen LogP contribution >= 0.6 is 23.4 Å². The molecule has 4 rings (SSSR count). The van der Waals surface area contributed by atoms with E-state index in [2.05, 4.69) is 20.4 Å². The van der Waals surface area contributed by atoms with Crippen molar-refractivity contribution in [3.05, 3.63) is 64.0 Å². The third-order valence-corrected chi connectivity index (χ3v) is 5.63. The number of hydrogen-bond donors (Lipinski definition) is 2. The van der Waals surface area contributed by atoms with Crippen molar-refractivity contribution in [1.29, 1.82) is 0 Å². The second-order valence-electron chi connectivity index (χ2n) is 6.54. The smallest absolute Gasteiger partial charge is 0.262 e. The summed E-state index contributed by atoms with van der Waals surface area (Å²) in [6.07, 6.45) is 1.45. The van der Waals surface area contributed by atoms with Gasteiger partial charge in [-0.3, -0.25) is 9.59 Å². The average Bonchev–Trinajstić information content (AvgIpc) is 3.23. The number of rotatable bonds is 7. The van der Waals surface area contributed by atoms with E-state index in [9.17, 15) is 9.59 Å². The highest BCUT2D eigenvalue weighted by atomic mass is 35.5. The molecule has 1 amide bonds. The Morgan fingerprint density at radius 2 is 1.97 bits per heavy atom. The Labute approximate surface area is 191 Å². The number of aromatic amines is 1. The Balaban J connectivity index is 1.53. The van der Waals surface area contributed by atoms with Gasteiger partial charge in [0.2, 0.25) is 5.91 Å². The van der Waals surface area contributed by atoms with E-state index in [0.29, 0.717) is 44.1 Å². The zero-order valence-corrected chi connectivity index (χ0v) is 18.7. The highest BCUT2D eigenvalue weighted by molar-refractivity contribution is 7.99. The molecule has 164 valence electrons. The molecule has 0 aliphatic carbocycles. The molecule has 0 atom stereocenters. The SMILES string of the molecule is COc1ccc(OC)c(NC(=O)CSc2nc3c(cnn3-c3ccc(Cl)cc3)c(=O)[nH]2)c1. The number of hydrogen-bond acceptors (Lipinski definition) is 7. The van der Waals surface area contributed by atoms with Gasteiger partial charge in [0, 0.05) is 11.1 Å². The van der Waals surface area contributed by atoms with Crippen molar-refractivity contribution in [3.8, 4) is 17.2 Å². The maximum Gasteiger partial charge on any atom is 0.262 e. The van der Waals surface area contributed by atoms with E-state index in [-0.39, 0.29) is 17.2 Å². The monoisotopic (exact) mass is 471 g/mol. The van der Waals surface area contributed by atoms with Crippen molar-refractivity contribution in [3.63, 3.8) is 0 Å². The van der Waals surface area contributed by atoms with Crippen LogP contribution in [-0.4, -0.2) is 45.6 Å². The van der Waals surface area contributed by atoms with Crippen LogP contribution in [0.15, 0.2) is 58.6 Å². The van der Waals surface area contributed by atoms with Gasteiger partial charge in [-0.25, -0.2) is 9.67 Å². The van der Waals surface area contributed by atoms with Gasteiger partial charge in [0.25, 0.3) is 5.56 Å². The van der Waals surface area contributed by atoms with Gasteiger partial charge < -0.3 is 19.8 Å². The van der Waals surface area contributed by atoms with Gasteiger partial charge in [-0.2, -0.15) is 5.10 Å². The van der Waals surface area contributed by atoms with Crippen molar-refractivity contribution in [1.82, 2.24) is 19.7 Å². The first-order chi connectivity index (χ1) is 15.5. The number of benzene rings is 2. The third-order valence-electron chi connectivity index (χ3n) is 4.51. The number of nitrogens with zero attached hydrogens (tertiary/aromatic N) is 3. The van der Waals surface area contributed by atoms with Gasteiger partial charge >= 0.3 is 0 Å². The minimum absolute atomic E-state index is 0.0178. The number of amides is 1. The number of methoxy groups -OCH3 is 2. The Morgan fingerprint density at radius 3 is 2.69 bits per heavy atom. The highest BCUT2D eigenvalue weighted by Crippen LogP contribution is 2.29. The fourth-order valence-electron chi connectivity index (χ4n) is 2.97. The number of nitrogens with one attached hydrogen (secondary N) is 2. The molecule has 2 aromatic carbocycles. The Bertz CT molecular complexity index is 1340. The van der Waals surface area contributed by atoms with Gasteiger partial charge in [-0.15, -0.1) is 0 Å². The molecule has 0 unspecified atom stereocenters. The van der Waals surface area contributed by atoms with Crippen LogP contribution in [0.5, 0.6) is 11.5 Å². The zero-order chi connectivity index (χ0) is 22.7. The summed E-state index contributed by atoms with van der Waals surface area (Å²) in [4.78, 5) is 32.1. The molecule has 4 aromatic rings. The summed E-state index contributed by atoms with van der Waals surface area (Å²) in [5, 5.41) is 8.27. The summed E-state index contributed by atoms with van der Waals surface area (Å²) in [6, 6.07) is 12.1. The van der Waals surface area contributed by atoms with Crippen LogP contribution < -0.4 is 20.3 Å². The molecule has 0 aliphatic heterocycles. The van der Waals surface area contributed by atoms with E-state index >= 15 is 0 Å².